The van der Waals surface area contributed by atoms with Gasteiger partial charge in [0.15, 0.2) is 9.84 Å². The molecule has 144 valence electrons. The summed E-state index contributed by atoms with van der Waals surface area (Å²) in [7, 11) is -3.03. The van der Waals surface area contributed by atoms with Crippen LogP contribution >= 0.6 is 11.3 Å². The summed E-state index contributed by atoms with van der Waals surface area (Å²) in [5, 5.41) is 0. The van der Waals surface area contributed by atoms with E-state index in [0.717, 1.165) is 21.7 Å². The minimum absolute atomic E-state index is 0.0559. The van der Waals surface area contributed by atoms with E-state index in [0.29, 0.717) is 13.0 Å². The number of rotatable bonds is 6. The van der Waals surface area contributed by atoms with Crippen LogP contribution < -0.4 is 0 Å². The number of carbonyl (C=O) groups excluding carboxylic acids is 1. The summed E-state index contributed by atoms with van der Waals surface area (Å²) in [6.07, 6.45) is 4.56. The smallest absolute Gasteiger partial charge is 0.246 e. The number of carbonyl (C=O) groups is 1. The van der Waals surface area contributed by atoms with Crippen LogP contribution in [0.3, 0.4) is 0 Å². The van der Waals surface area contributed by atoms with Crippen molar-refractivity contribution in [2.75, 3.05) is 18.1 Å². The molecular formula is C20H22FNO3S2. The average molecular weight is 408 g/mol. The van der Waals surface area contributed by atoms with Crippen molar-refractivity contribution >= 4 is 33.2 Å². The topological polar surface area (TPSA) is 54.5 Å². The highest BCUT2D eigenvalue weighted by molar-refractivity contribution is 7.91. The fraction of sp³-hybridized carbons (Fsp3) is 0.350. The van der Waals surface area contributed by atoms with Gasteiger partial charge in [0.2, 0.25) is 5.91 Å². The van der Waals surface area contributed by atoms with E-state index >= 15 is 0 Å². The van der Waals surface area contributed by atoms with Gasteiger partial charge in [-0.3, -0.25) is 4.79 Å². The minimum Gasteiger partial charge on any atom is -0.335 e. The Morgan fingerprint density at radius 1 is 1.26 bits per heavy atom. The third-order valence-electron chi connectivity index (χ3n) is 4.54. The minimum atomic E-state index is -3.03. The summed E-state index contributed by atoms with van der Waals surface area (Å²) >= 11 is 1.52. The molecule has 3 rings (SSSR count). The molecule has 0 N–H and O–H groups in total. The number of amides is 1. The molecule has 1 saturated heterocycles. The molecule has 0 radical (unpaired) electrons. The maximum Gasteiger partial charge on any atom is 0.246 e. The van der Waals surface area contributed by atoms with Crippen LogP contribution in [0, 0.1) is 5.82 Å². The molecule has 2 aromatic rings. The molecule has 0 spiro atoms. The van der Waals surface area contributed by atoms with Gasteiger partial charge < -0.3 is 4.90 Å². The van der Waals surface area contributed by atoms with Gasteiger partial charge in [-0.25, -0.2) is 12.8 Å². The Balaban J connectivity index is 1.70. The zero-order valence-corrected chi connectivity index (χ0v) is 16.7. The molecule has 0 aliphatic carbocycles. The molecule has 1 aromatic carbocycles. The van der Waals surface area contributed by atoms with Crippen LogP contribution in [-0.2, 0) is 14.6 Å². The highest BCUT2D eigenvalue weighted by Gasteiger charge is 2.33. The van der Waals surface area contributed by atoms with Gasteiger partial charge >= 0.3 is 0 Å². The van der Waals surface area contributed by atoms with Gasteiger partial charge in [0.1, 0.15) is 5.82 Å². The monoisotopic (exact) mass is 407 g/mol. The van der Waals surface area contributed by atoms with Crippen LogP contribution in [-0.4, -0.2) is 43.3 Å². The average Bonchev–Trinajstić information content (AvgIpc) is 3.24. The molecule has 1 aliphatic heterocycles. The van der Waals surface area contributed by atoms with Crippen molar-refractivity contribution < 1.29 is 17.6 Å². The van der Waals surface area contributed by atoms with Crippen molar-refractivity contribution in [1.29, 1.82) is 0 Å². The van der Waals surface area contributed by atoms with Gasteiger partial charge in [-0.2, -0.15) is 0 Å². The van der Waals surface area contributed by atoms with Crippen LogP contribution in [0.2, 0.25) is 0 Å². The molecule has 7 heteroatoms. The lowest BCUT2D eigenvalue weighted by atomic mass is 10.2. The quantitative estimate of drug-likeness (QED) is 0.681. The Bertz CT molecular complexity index is 932. The van der Waals surface area contributed by atoms with Crippen molar-refractivity contribution in [3.05, 3.63) is 53.2 Å². The summed E-state index contributed by atoms with van der Waals surface area (Å²) in [4.78, 5) is 16.2. The molecule has 1 atom stereocenters. The first-order chi connectivity index (χ1) is 12.9. The molecule has 2 heterocycles. The van der Waals surface area contributed by atoms with Crippen LogP contribution in [0.1, 0.15) is 24.6 Å². The second kappa shape index (κ2) is 8.35. The lowest BCUT2D eigenvalue weighted by Crippen LogP contribution is -2.40. The summed E-state index contributed by atoms with van der Waals surface area (Å²) in [6.45, 7) is 2.52. The number of halogens is 1. The van der Waals surface area contributed by atoms with Crippen LogP contribution in [0.15, 0.2) is 42.5 Å². The molecule has 1 unspecified atom stereocenters. The highest BCUT2D eigenvalue weighted by Crippen LogP contribution is 2.29. The first-order valence-corrected chi connectivity index (χ1v) is 11.6. The largest absolute Gasteiger partial charge is 0.335 e. The van der Waals surface area contributed by atoms with Crippen molar-refractivity contribution in [2.45, 2.75) is 25.8 Å². The van der Waals surface area contributed by atoms with E-state index < -0.39 is 9.84 Å². The second-order valence-corrected chi connectivity index (χ2v) is 9.97. The zero-order chi connectivity index (χ0) is 19.4. The molecule has 1 aromatic heterocycles. The van der Waals surface area contributed by atoms with Crippen LogP contribution in [0.5, 0.6) is 0 Å². The van der Waals surface area contributed by atoms with Gasteiger partial charge in [0.25, 0.3) is 0 Å². The van der Waals surface area contributed by atoms with Gasteiger partial charge in [-0.1, -0.05) is 19.1 Å². The number of thiophene rings is 1. The standard InChI is InChI=1S/C20H22FNO3S2/c1-2-12-22(17-11-13-27(24,25)14-17)20(23)10-8-18-7-9-19(26-18)15-3-5-16(21)6-4-15/h3-10,17H,2,11-14H2,1H3. The molecular weight excluding hydrogens is 385 g/mol. The van der Waals surface area contributed by atoms with Crippen molar-refractivity contribution in [1.82, 2.24) is 4.90 Å². The fourth-order valence-electron chi connectivity index (χ4n) is 3.20. The molecule has 0 saturated carbocycles. The first-order valence-electron chi connectivity index (χ1n) is 8.93. The molecule has 1 amide bonds. The van der Waals surface area contributed by atoms with E-state index in [2.05, 4.69) is 0 Å². The summed E-state index contributed by atoms with van der Waals surface area (Å²) in [5.41, 5.74) is 0.927. The Morgan fingerprint density at radius 2 is 2.00 bits per heavy atom. The molecule has 1 aliphatic rings. The number of hydrogen-bond donors (Lipinski definition) is 0. The number of hydrogen-bond acceptors (Lipinski definition) is 4. The highest BCUT2D eigenvalue weighted by atomic mass is 32.2. The van der Waals surface area contributed by atoms with E-state index in [1.54, 1.807) is 23.1 Å². The normalized spacial score (nSPS) is 18.8. The number of nitrogens with zero attached hydrogens (tertiary/aromatic N) is 1. The third kappa shape index (κ3) is 5.05. The second-order valence-electron chi connectivity index (χ2n) is 6.63. The fourth-order valence-corrected chi connectivity index (χ4v) is 5.84. The SMILES string of the molecule is CCCN(C(=O)C=Cc1ccc(-c2ccc(F)cc2)s1)C1CCS(=O)(=O)C1. The van der Waals surface area contributed by atoms with Gasteiger partial charge in [0, 0.05) is 28.4 Å². The van der Waals surface area contributed by atoms with Crippen molar-refractivity contribution in [3.63, 3.8) is 0 Å². The molecule has 0 bridgehead atoms. The molecule has 1 fully saturated rings. The lowest BCUT2D eigenvalue weighted by molar-refractivity contribution is -0.127. The Morgan fingerprint density at radius 3 is 2.63 bits per heavy atom. The van der Waals surface area contributed by atoms with E-state index in [1.807, 2.05) is 19.1 Å². The summed E-state index contributed by atoms with van der Waals surface area (Å²) in [5.74, 6) is -0.220. The Hall–Kier alpha value is -1.99. The van der Waals surface area contributed by atoms with Gasteiger partial charge in [0.05, 0.1) is 11.5 Å². The first kappa shape index (κ1) is 19.8. The molecule has 4 nitrogen and oxygen atoms in total. The number of benzene rings is 1. The van der Waals surface area contributed by atoms with Gasteiger partial charge in [-0.05, 0) is 48.7 Å². The summed E-state index contributed by atoms with van der Waals surface area (Å²) < 4.78 is 36.5. The lowest BCUT2D eigenvalue weighted by Gasteiger charge is -2.26. The van der Waals surface area contributed by atoms with E-state index in [4.69, 9.17) is 0 Å². The maximum atomic E-state index is 13.0. The van der Waals surface area contributed by atoms with Crippen molar-refractivity contribution in [3.8, 4) is 10.4 Å². The van der Waals surface area contributed by atoms with E-state index in [9.17, 15) is 17.6 Å². The predicted octanol–water partition coefficient (Wildman–Crippen LogP) is 3.99. The summed E-state index contributed by atoms with van der Waals surface area (Å²) in [6, 6.07) is 9.92. The van der Waals surface area contributed by atoms with Crippen LogP contribution in [0.4, 0.5) is 4.39 Å². The maximum absolute atomic E-state index is 13.0. The van der Waals surface area contributed by atoms with E-state index in [1.165, 1.54) is 29.5 Å². The molecule has 27 heavy (non-hydrogen) atoms. The third-order valence-corrected chi connectivity index (χ3v) is 7.39. The predicted molar refractivity (Wildman–Crippen MR) is 108 cm³/mol. The van der Waals surface area contributed by atoms with Crippen LogP contribution in [0.25, 0.3) is 16.5 Å². The number of sulfone groups is 1. The van der Waals surface area contributed by atoms with Gasteiger partial charge in [-0.15, -0.1) is 11.3 Å². The Labute approximate surface area is 163 Å². The Kier molecular flexibility index (Phi) is 6.11. The van der Waals surface area contributed by atoms with Crippen molar-refractivity contribution in [2.24, 2.45) is 0 Å². The zero-order valence-electron chi connectivity index (χ0n) is 15.1. The van der Waals surface area contributed by atoms with E-state index in [-0.39, 0.29) is 29.3 Å².